The van der Waals surface area contributed by atoms with E-state index in [-0.39, 0.29) is 6.03 Å². The molecule has 0 aliphatic rings. The molecule has 0 saturated carbocycles. The normalized spacial score (nSPS) is 10.2. The Kier molecular flexibility index (Phi) is 5.97. The lowest BCUT2D eigenvalue weighted by Crippen LogP contribution is -2.31. The number of urea groups is 1. The molecule has 1 aromatic carbocycles. The molecule has 0 aliphatic heterocycles. The third kappa shape index (κ3) is 4.98. The van der Waals surface area contributed by atoms with E-state index in [4.69, 9.17) is 4.74 Å². The largest absolute Gasteiger partial charge is 0.494 e. The van der Waals surface area contributed by atoms with Crippen molar-refractivity contribution < 1.29 is 9.53 Å². The zero-order valence-electron chi connectivity index (χ0n) is 13.9. The lowest BCUT2D eigenvalue weighted by Gasteiger charge is -2.18. The van der Waals surface area contributed by atoms with Crippen LogP contribution in [0, 0.1) is 6.92 Å². The molecule has 2 aromatic rings. The molecule has 0 fully saturated rings. The van der Waals surface area contributed by atoms with Gasteiger partial charge in [-0.3, -0.25) is 4.98 Å². The minimum atomic E-state index is -0.166. The van der Waals surface area contributed by atoms with Crippen LogP contribution >= 0.6 is 0 Å². The monoisotopic (exact) mass is 313 g/mol. The highest BCUT2D eigenvalue weighted by atomic mass is 16.5. The molecule has 2 amide bonds. The highest BCUT2D eigenvalue weighted by Gasteiger charge is 2.11. The van der Waals surface area contributed by atoms with Gasteiger partial charge in [-0.25, -0.2) is 4.79 Å². The summed E-state index contributed by atoms with van der Waals surface area (Å²) in [6, 6.07) is 11.2. The summed E-state index contributed by atoms with van der Waals surface area (Å²) in [7, 11) is 1.75. The number of amides is 2. The number of carbonyl (C=O) groups is 1. The van der Waals surface area contributed by atoms with Crippen LogP contribution < -0.4 is 10.1 Å². The summed E-state index contributed by atoms with van der Waals surface area (Å²) in [5, 5.41) is 2.92. The lowest BCUT2D eigenvalue weighted by atomic mass is 10.2. The Morgan fingerprint density at radius 2 is 2.13 bits per heavy atom. The first-order chi connectivity index (χ1) is 11.1. The topological polar surface area (TPSA) is 54.5 Å². The summed E-state index contributed by atoms with van der Waals surface area (Å²) in [6.45, 7) is 5.17. The second-order valence-corrected chi connectivity index (χ2v) is 5.43. The Hall–Kier alpha value is -2.56. The molecule has 0 atom stereocenters. The lowest BCUT2D eigenvalue weighted by molar-refractivity contribution is 0.220. The molecule has 0 saturated heterocycles. The standard InChI is InChI=1S/C18H23N3O2/c1-4-11-23-16-8-9-17(14(2)12-16)20-18(22)21(3)13-15-7-5-6-10-19-15/h5-10,12H,4,11,13H2,1-3H3,(H,20,22). The molecule has 0 radical (unpaired) electrons. The number of nitrogens with zero attached hydrogens (tertiary/aromatic N) is 2. The van der Waals surface area contributed by atoms with Gasteiger partial charge in [0.2, 0.25) is 0 Å². The SMILES string of the molecule is CCCOc1ccc(NC(=O)N(C)Cc2ccccn2)c(C)c1. The summed E-state index contributed by atoms with van der Waals surface area (Å²) < 4.78 is 5.59. The van der Waals surface area contributed by atoms with Crippen molar-refractivity contribution in [2.24, 2.45) is 0 Å². The summed E-state index contributed by atoms with van der Waals surface area (Å²) in [5.41, 5.74) is 2.61. The van der Waals surface area contributed by atoms with Crippen LogP contribution in [0.25, 0.3) is 0 Å². The van der Waals surface area contributed by atoms with Gasteiger partial charge in [-0.2, -0.15) is 0 Å². The quantitative estimate of drug-likeness (QED) is 0.881. The Balaban J connectivity index is 1.96. The Labute approximate surface area is 137 Å². The van der Waals surface area contributed by atoms with E-state index in [9.17, 15) is 4.79 Å². The average molecular weight is 313 g/mol. The summed E-state index contributed by atoms with van der Waals surface area (Å²) in [4.78, 5) is 18.1. The number of hydrogen-bond donors (Lipinski definition) is 1. The van der Waals surface area contributed by atoms with Crippen molar-refractivity contribution in [3.8, 4) is 5.75 Å². The molecule has 122 valence electrons. The van der Waals surface area contributed by atoms with E-state index in [1.165, 1.54) is 0 Å². The minimum Gasteiger partial charge on any atom is -0.494 e. The number of aromatic nitrogens is 1. The summed E-state index contributed by atoms with van der Waals surface area (Å²) in [5.74, 6) is 0.823. The Morgan fingerprint density at radius 3 is 2.78 bits per heavy atom. The highest BCUT2D eigenvalue weighted by Crippen LogP contribution is 2.22. The molecule has 1 heterocycles. The maximum Gasteiger partial charge on any atom is 0.321 e. The predicted molar refractivity (Wildman–Crippen MR) is 91.7 cm³/mol. The van der Waals surface area contributed by atoms with Crippen molar-refractivity contribution in [1.82, 2.24) is 9.88 Å². The number of anilines is 1. The fourth-order valence-electron chi connectivity index (χ4n) is 2.10. The molecule has 0 bridgehead atoms. The number of hydrogen-bond acceptors (Lipinski definition) is 3. The zero-order chi connectivity index (χ0) is 16.7. The smallest absolute Gasteiger partial charge is 0.321 e. The van der Waals surface area contributed by atoms with Crippen molar-refractivity contribution in [1.29, 1.82) is 0 Å². The van der Waals surface area contributed by atoms with Gasteiger partial charge in [0.05, 0.1) is 18.8 Å². The van der Waals surface area contributed by atoms with Crippen molar-refractivity contribution >= 4 is 11.7 Å². The number of ether oxygens (including phenoxy) is 1. The average Bonchev–Trinajstić information content (AvgIpc) is 2.56. The second kappa shape index (κ2) is 8.17. The third-order valence-corrected chi connectivity index (χ3v) is 3.38. The number of carbonyl (C=O) groups excluding carboxylic acids is 1. The Bertz CT molecular complexity index is 644. The molecule has 0 unspecified atom stereocenters. The van der Waals surface area contributed by atoms with Gasteiger partial charge in [0, 0.05) is 18.9 Å². The van der Waals surface area contributed by atoms with Gasteiger partial charge in [0.25, 0.3) is 0 Å². The van der Waals surface area contributed by atoms with E-state index in [1.807, 2.05) is 43.3 Å². The zero-order valence-corrected chi connectivity index (χ0v) is 13.9. The van der Waals surface area contributed by atoms with Crippen molar-refractivity contribution in [2.75, 3.05) is 19.0 Å². The molecule has 5 heteroatoms. The first-order valence-electron chi connectivity index (χ1n) is 7.75. The van der Waals surface area contributed by atoms with E-state index < -0.39 is 0 Å². The molecule has 1 aromatic heterocycles. The van der Waals surface area contributed by atoms with Crippen LogP contribution in [0.3, 0.4) is 0 Å². The van der Waals surface area contributed by atoms with Crippen molar-refractivity contribution in [2.45, 2.75) is 26.8 Å². The first-order valence-corrected chi connectivity index (χ1v) is 7.75. The Morgan fingerprint density at radius 1 is 1.30 bits per heavy atom. The highest BCUT2D eigenvalue weighted by molar-refractivity contribution is 5.90. The second-order valence-electron chi connectivity index (χ2n) is 5.43. The van der Waals surface area contributed by atoms with E-state index in [0.29, 0.717) is 13.2 Å². The van der Waals surface area contributed by atoms with Crippen LogP contribution in [-0.2, 0) is 6.54 Å². The van der Waals surface area contributed by atoms with Gasteiger partial charge in [-0.15, -0.1) is 0 Å². The molecule has 0 spiro atoms. The summed E-state index contributed by atoms with van der Waals surface area (Å²) in [6.07, 6.45) is 2.69. The summed E-state index contributed by atoms with van der Waals surface area (Å²) >= 11 is 0. The predicted octanol–water partition coefficient (Wildman–Crippen LogP) is 3.84. The van der Waals surface area contributed by atoms with E-state index >= 15 is 0 Å². The molecule has 5 nitrogen and oxygen atoms in total. The number of benzene rings is 1. The maximum absolute atomic E-state index is 12.3. The van der Waals surface area contributed by atoms with Crippen LogP contribution in [0.1, 0.15) is 24.6 Å². The van der Waals surface area contributed by atoms with Gasteiger partial charge < -0.3 is 15.0 Å². The van der Waals surface area contributed by atoms with Crippen molar-refractivity contribution in [3.63, 3.8) is 0 Å². The van der Waals surface area contributed by atoms with Gasteiger partial charge in [-0.05, 0) is 49.2 Å². The fraction of sp³-hybridized carbons (Fsp3) is 0.333. The van der Waals surface area contributed by atoms with Crippen LogP contribution in [0.2, 0.25) is 0 Å². The minimum absolute atomic E-state index is 0.166. The molecule has 0 aliphatic carbocycles. The van der Waals surface area contributed by atoms with Crippen LogP contribution in [0.4, 0.5) is 10.5 Å². The number of pyridine rings is 1. The van der Waals surface area contributed by atoms with E-state index in [1.54, 1.807) is 18.1 Å². The number of rotatable bonds is 6. The van der Waals surface area contributed by atoms with Crippen molar-refractivity contribution in [3.05, 3.63) is 53.9 Å². The van der Waals surface area contributed by atoms with Gasteiger partial charge in [0.1, 0.15) is 5.75 Å². The van der Waals surface area contributed by atoms with Crippen LogP contribution in [0.5, 0.6) is 5.75 Å². The van der Waals surface area contributed by atoms with Gasteiger partial charge in [0.15, 0.2) is 0 Å². The molecular formula is C18H23N3O2. The molecule has 1 N–H and O–H groups in total. The van der Waals surface area contributed by atoms with Gasteiger partial charge >= 0.3 is 6.03 Å². The number of nitrogens with one attached hydrogen (secondary N) is 1. The fourth-order valence-corrected chi connectivity index (χ4v) is 2.10. The van der Waals surface area contributed by atoms with Crippen LogP contribution in [0.15, 0.2) is 42.6 Å². The van der Waals surface area contributed by atoms with Gasteiger partial charge in [-0.1, -0.05) is 13.0 Å². The molecule has 2 rings (SSSR count). The van der Waals surface area contributed by atoms with E-state index in [2.05, 4.69) is 17.2 Å². The van der Waals surface area contributed by atoms with Crippen LogP contribution in [-0.4, -0.2) is 29.6 Å². The van der Waals surface area contributed by atoms with E-state index in [0.717, 1.165) is 29.1 Å². The first kappa shape index (κ1) is 16.8. The number of aryl methyl sites for hydroxylation is 1. The third-order valence-electron chi connectivity index (χ3n) is 3.38. The molecular weight excluding hydrogens is 290 g/mol. The molecule has 23 heavy (non-hydrogen) atoms. The maximum atomic E-state index is 12.3.